The molecule has 7 unspecified atom stereocenters. The summed E-state index contributed by atoms with van der Waals surface area (Å²) < 4.78 is 21.3. The van der Waals surface area contributed by atoms with Gasteiger partial charge in [-0.3, -0.25) is 9.42 Å². The molecule has 32 heavy (non-hydrogen) atoms. The van der Waals surface area contributed by atoms with Gasteiger partial charge in [-0.15, -0.1) is 0 Å². The van der Waals surface area contributed by atoms with Gasteiger partial charge in [0, 0.05) is 0 Å². The molecule has 4 rings (SSSR count). The zero-order valence-corrected chi connectivity index (χ0v) is 19.0. The van der Waals surface area contributed by atoms with E-state index in [1.54, 1.807) is 0 Å². The Kier molecular flexibility index (Phi) is 6.93. The third-order valence-electron chi connectivity index (χ3n) is 7.71. The third kappa shape index (κ3) is 4.59. The van der Waals surface area contributed by atoms with Crippen molar-refractivity contribution in [3.8, 4) is 0 Å². The van der Waals surface area contributed by atoms with Crippen molar-refractivity contribution in [3.05, 3.63) is 0 Å². The second-order valence-electron chi connectivity index (χ2n) is 9.88. The Morgan fingerprint density at radius 1 is 1.03 bits per heavy atom. The second-order valence-corrected chi connectivity index (χ2v) is 11.1. The van der Waals surface area contributed by atoms with Crippen LogP contribution in [0.5, 0.6) is 0 Å². The Labute approximate surface area is 187 Å². The number of rotatable bonds is 4. The number of hydrogen-bond acceptors (Lipinski definition) is 7. The number of aliphatic hydroxyl groups is 3. The normalized spacial score (nSPS) is 43.5. The van der Waals surface area contributed by atoms with E-state index in [1.165, 1.54) is 4.90 Å². The molecule has 0 aromatic carbocycles. The highest BCUT2D eigenvalue weighted by Gasteiger charge is 2.65. The van der Waals surface area contributed by atoms with Gasteiger partial charge in [-0.2, -0.15) is 0 Å². The van der Waals surface area contributed by atoms with Gasteiger partial charge >= 0.3 is 13.9 Å². The van der Waals surface area contributed by atoms with Gasteiger partial charge < -0.3 is 35.2 Å². The molecule has 2 aliphatic heterocycles. The van der Waals surface area contributed by atoms with Crippen LogP contribution in [0.25, 0.3) is 0 Å². The number of nitrogens with one attached hydrogen (secondary N) is 1. The minimum absolute atomic E-state index is 0.345. The molecule has 2 saturated heterocycles. The first-order chi connectivity index (χ1) is 15.1. The first-order valence-electron chi connectivity index (χ1n) is 11.6. The smallest absolute Gasteiger partial charge is 0.391 e. The quantitative estimate of drug-likeness (QED) is 0.319. The number of carbonyl (C=O) groups is 1. The average molecular weight is 478 g/mol. The summed E-state index contributed by atoms with van der Waals surface area (Å²) >= 11 is 0. The second kappa shape index (κ2) is 9.11. The largest absolute Gasteiger partial charge is 0.469 e. The Hall–Kier alpha value is -0.780. The molecular weight excluding hydrogens is 443 g/mol. The van der Waals surface area contributed by atoms with Crippen molar-refractivity contribution >= 4 is 13.9 Å². The molecule has 0 aromatic heterocycles. The zero-order chi connectivity index (χ0) is 23.1. The fourth-order valence-corrected chi connectivity index (χ4v) is 6.52. The Bertz CT molecular complexity index is 751. The maximum Gasteiger partial charge on any atom is 0.469 e. The molecule has 0 aromatic rings. The zero-order valence-electron chi connectivity index (χ0n) is 18.1. The highest BCUT2D eigenvalue weighted by molar-refractivity contribution is 7.46. The van der Waals surface area contributed by atoms with Crippen LogP contribution in [0.3, 0.4) is 0 Å². The number of urea groups is 1. The van der Waals surface area contributed by atoms with E-state index in [-0.39, 0.29) is 0 Å². The maximum atomic E-state index is 13.4. The summed E-state index contributed by atoms with van der Waals surface area (Å²) in [4.78, 5) is 32.7. The molecule has 0 spiro atoms. The van der Waals surface area contributed by atoms with Gasteiger partial charge in [-0.05, 0) is 25.7 Å². The summed E-state index contributed by atoms with van der Waals surface area (Å²) in [7, 11) is -4.79. The van der Waals surface area contributed by atoms with Gasteiger partial charge in [0.25, 0.3) is 0 Å². The SMILES string of the molecule is O=C1NC23CCCCCCCCCC(CC2O)(C3)N1C1OC(COP(=O)(O)O)C(O)C1O. The summed E-state index contributed by atoms with van der Waals surface area (Å²) in [5.74, 6) is 0. The van der Waals surface area contributed by atoms with Gasteiger partial charge in [0.1, 0.15) is 18.3 Å². The van der Waals surface area contributed by atoms with Crippen LogP contribution in [0.1, 0.15) is 70.6 Å². The van der Waals surface area contributed by atoms with Crippen LogP contribution in [-0.4, -0.2) is 84.4 Å². The number of phosphoric ester groups is 1. The number of phosphoric acid groups is 1. The molecule has 184 valence electrons. The van der Waals surface area contributed by atoms with Crippen molar-refractivity contribution in [3.63, 3.8) is 0 Å². The average Bonchev–Trinajstić information content (AvgIpc) is 3.10. The lowest BCUT2D eigenvalue weighted by Crippen LogP contribution is -2.69. The standard InChI is InChI=1S/C20H35N2O9P/c23-14-10-19-8-6-4-2-1-3-5-7-9-20(14,12-19)21-18(26)22(19)17-16(25)15(24)13(31-17)11-30-32(27,28)29/h13-17,23-25H,1-12H2,(H,21,26)(H2,27,28,29). The summed E-state index contributed by atoms with van der Waals surface area (Å²) in [6.07, 6.45) is 3.34. The summed E-state index contributed by atoms with van der Waals surface area (Å²) in [5, 5.41) is 35.2. The highest BCUT2D eigenvalue weighted by atomic mass is 31.2. The van der Waals surface area contributed by atoms with Gasteiger partial charge in [0.2, 0.25) is 0 Å². The van der Waals surface area contributed by atoms with Crippen LogP contribution in [0.4, 0.5) is 4.79 Å². The van der Waals surface area contributed by atoms with E-state index in [1.807, 2.05) is 0 Å². The Morgan fingerprint density at radius 3 is 2.31 bits per heavy atom. The van der Waals surface area contributed by atoms with Crippen molar-refractivity contribution < 1.29 is 43.7 Å². The molecule has 0 radical (unpaired) electrons. The number of amides is 2. The molecule has 2 bridgehead atoms. The lowest BCUT2D eigenvalue weighted by atomic mass is 9.80. The molecule has 12 heteroatoms. The molecule has 2 saturated carbocycles. The molecule has 2 aliphatic carbocycles. The Morgan fingerprint density at radius 2 is 1.66 bits per heavy atom. The Balaban J connectivity index is 1.59. The van der Waals surface area contributed by atoms with E-state index in [2.05, 4.69) is 9.84 Å². The van der Waals surface area contributed by atoms with Crippen molar-refractivity contribution in [2.24, 2.45) is 0 Å². The van der Waals surface area contributed by atoms with Crippen molar-refractivity contribution in [2.75, 3.05) is 6.61 Å². The van der Waals surface area contributed by atoms with Crippen molar-refractivity contribution in [2.45, 2.75) is 112 Å². The van der Waals surface area contributed by atoms with E-state index in [0.29, 0.717) is 25.7 Å². The number of carbonyl (C=O) groups excluding carboxylic acids is 1. The lowest BCUT2D eigenvalue weighted by Gasteiger charge is -2.51. The summed E-state index contributed by atoms with van der Waals surface area (Å²) in [6.45, 7) is -0.631. The number of hydrogen-bond donors (Lipinski definition) is 6. The fourth-order valence-electron chi connectivity index (χ4n) is 6.18. The monoisotopic (exact) mass is 478 g/mol. The van der Waals surface area contributed by atoms with Crippen LogP contribution in [0.2, 0.25) is 0 Å². The fraction of sp³-hybridized carbons (Fsp3) is 0.950. The highest BCUT2D eigenvalue weighted by Crippen LogP contribution is 2.52. The van der Waals surface area contributed by atoms with Gasteiger partial charge in [0.15, 0.2) is 6.23 Å². The molecule has 11 nitrogen and oxygen atoms in total. The topological polar surface area (TPSA) is 169 Å². The number of aliphatic hydroxyl groups excluding tert-OH is 3. The van der Waals surface area contributed by atoms with Crippen LogP contribution in [-0.2, 0) is 13.8 Å². The van der Waals surface area contributed by atoms with Crippen LogP contribution < -0.4 is 5.32 Å². The predicted molar refractivity (Wildman–Crippen MR) is 111 cm³/mol. The number of ether oxygens (including phenoxy) is 1. The molecule has 6 N–H and O–H groups in total. The van der Waals surface area contributed by atoms with Gasteiger partial charge in [0.05, 0.1) is 23.8 Å². The minimum atomic E-state index is -4.79. The minimum Gasteiger partial charge on any atom is -0.391 e. The predicted octanol–water partition coefficient (Wildman–Crippen LogP) is 0.724. The van der Waals surface area contributed by atoms with Gasteiger partial charge in [-0.25, -0.2) is 9.36 Å². The molecule has 4 aliphatic rings. The first kappa shape index (κ1) is 24.3. The van der Waals surface area contributed by atoms with E-state index < -0.39 is 62.2 Å². The molecule has 7 atom stereocenters. The van der Waals surface area contributed by atoms with Crippen LogP contribution in [0.15, 0.2) is 0 Å². The molecule has 2 amide bonds. The molecular formula is C20H35N2O9P. The lowest BCUT2D eigenvalue weighted by molar-refractivity contribution is -0.121. The van der Waals surface area contributed by atoms with Crippen LogP contribution in [0, 0.1) is 0 Å². The third-order valence-corrected chi connectivity index (χ3v) is 8.19. The first-order valence-corrected chi connectivity index (χ1v) is 13.1. The van der Waals surface area contributed by atoms with Gasteiger partial charge in [-0.1, -0.05) is 44.9 Å². The van der Waals surface area contributed by atoms with Crippen molar-refractivity contribution in [1.82, 2.24) is 10.2 Å². The summed E-state index contributed by atoms with van der Waals surface area (Å²) in [5.41, 5.74) is -1.44. The number of nitrogens with zero attached hydrogens (tertiary/aromatic N) is 1. The van der Waals surface area contributed by atoms with Crippen molar-refractivity contribution in [1.29, 1.82) is 0 Å². The molecule has 2 heterocycles. The maximum absolute atomic E-state index is 13.4. The van der Waals surface area contributed by atoms with E-state index >= 15 is 0 Å². The molecule has 4 fully saturated rings. The summed E-state index contributed by atoms with van der Waals surface area (Å²) in [6, 6.07) is -0.460. The van der Waals surface area contributed by atoms with Crippen LogP contribution >= 0.6 is 7.82 Å². The van der Waals surface area contributed by atoms with E-state index in [9.17, 15) is 24.7 Å². The van der Waals surface area contributed by atoms with E-state index in [0.717, 1.165) is 44.9 Å². The van der Waals surface area contributed by atoms with E-state index in [4.69, 9.17) is 14.5 Å².